The summed E-state index contributed by atoms with van der Waals surface area (Å²) in [7, 11) is 0. The van der Waals surface area contributed by atoms with Crippen LogP contribution in [0.4, 0.5) is 0 Å². The minimum Gasteiger partial charge on any atom is -0.198 e. The van der Waals surface area contributed by atoms with Crippen LogP contribution in [0.25, 0.3) is 0 Å². The first-order chi connectivity index (χ1) is 7.81. The van der Waals surface area contributed by atoms with Crippen LogP contribution in [0.15, 0.2) is 10.2 Å². The van der Waals surface area contributed by atoms with Crippen LogP contribution in [0.5, 0.6) is 0 Å². The molecule has 0 amide bonds. The zero-order valence-corrected chi connectivity index (χ0v) is 9.73. The number of nitrogens with zero attached hydrogens (tertiary/aromatic N) is 3. The maximum absolute atomic E-state index is 8.89. The summed E-state index contributed by atoms with van der Waals surface area (Å²) in [4.78, 5) is 0. The summed E-state index contributed by atoms with van der Waals surface area (Å²) in [6.07, 6.45) is 9.85. The molecule has 0 aromatic carbocycles. The van der Waals surface area contributed by atoms with Crippen molar-refractivity contribution in [2.45, 2.75) is 57.0 Å². The van der Waals surface area contributed by atoms with Gasteiger partial charge in [-0.1, -0.05) is 0 Å². The van der Waals surface area contributed by atoms with Crippen LogP contribution in [-0.2, 0) is 0 Å². The lowest BCUT2D eigenvalue weighted by molar-refractivity contribution is 0.165. The Morgan fingerprint density at radius 1 is 0.875 bits per heavy atom. The van der Waals surface area contributed by atoms with Crippen molar-refractivity contribution in [3.05, 3.63) is 0 Å². The van der Waals surface area contributed by atoms with Gasteiger partial charge in [0.25, 0.3) is 0 Å². The molecule has 3 nitrogen and oxygen atoms in total. The second kappa shape index (κ2) is 3.84. The van der Waals surface area contributed by atoms with Crippen molar-refractivity contribution in [2.24, 2.45) is 28.0 Å². The Balaban J connectivity index is 1.50. The van der Waals surface area contributed by atoms with E-state index in [4.69, 9.17) is 5.26 Å². The van der Waals surface area contributed by atoms with Crippen LogP contribution in [-0.4, -0.2) is 5.66 Å². The topological polar surface area (TPSA) is 48.5 Å². The van der Waals surface area contributed by atoms with Crippen molar-refractivity contribution < 1.29 is 0 Å². The number of hydrogen-bond acceptors (Lipinski definition) is 3. The monoisotopic (exact) mass is 217 g/mol. The summed E-state index contributed by atoms with van der Waals surface area (Å²) in [5.41, 5.74) is 0.0976. The molecular weight excluding hydrogens is 198 g/mol. The molecule has 1 aliphatic heterocycles. The van der Waals surface area contributed by atoms with Gasteiger partial charge in [0.1, 0.15) is 0 Å². The summed E-state index contributed by atoms with van der Waals surface area (Å²) in [6.45, 7) is 0. The third-order valence-corrected chi connectivity index (χ3v) is 4.83. The van der Waals surface area contributed by atoms with Gasteiger partial charge >= 0.3 is 0 Å². The van der Waals surface area contributed by atoms with E-state index in [0.717, 1.165) is 24.7 Å². The fraction of sp³-hybridized carbons (Fsp3) is 0.923. The molecule has 0 atom stereocenters. The van der Waals surface area contributed by atoms with Crippen molar-refractivity contribution in [2.75, 3.05) is 0 Å². The van der Waals surface area contributed by atoms with E-state index in [0.29, 0.717) is 5.92 Å². The third-order valence-electron chi connectivity index (χ3n) is 4.83. The summed E-state index contributed by atoms with van der Waals surface area (Å²) >= 11 is 0. The van der Waals surface area contributed by atoms with Gasteiger partial charge in [-0.05, 0) is 63.2 Å². The van der Waals surface area contributed by atoms with Crippen molar-refractivity contribution in [3.8, 4) is 6.07 Å². The van der Waals surface area contributed by atoms with Crippen molar-refractivity contribution in [1.82, 2.24) is 0 Å². The molecule has 2 saturated carbocycles. The molecule has 2 fully saturated rings. The van der Waals surface area contributed by atoms with E-state index in [2.05, 4.69) is 16.3 Å². The molecule has 0 saturated heterocycles. The van der Waals surface area contributed by atoms with Gasteiger partial charge in [-0.2, -0.15) is 15.5 Å². The Kier molecular flexibility index (Phi) is 2.46. The van der Waals surface area contributed by atoms with Gasteiger partial charge in [-0.25, -0.2) is 0 Å². The van der Waals surface area contributed by atoms with Crippen molar-refractivity contribution in [3.63, 3.8) is 0 Å². The standard InChI is InChI=1S/C13H19N3/c14-9-10-1-3-11(4-2-10)12-5-7-13(8-6-12)15-16-13/h10-12H,1-8H2. The number of hydrogen-bond donors (Lipinski definition) is 0. The highest BCUT2D eigenvalue weighted by Gasteiger charge is 2.44. The van der Waals surface area contributed by atoms with Crippen molar-refractivity contribution in [1.29, 1.82) is 5.26 Å². The molecule has 16 heavy (non-hydrogen) atoms. The molecule has 86 valence electrons. The lowest BCUT2D eigenvalue weighted by atomic mass is 9.70. The molecule has 0 unspecified atom stereocenters. The maximum Gasteiger partial charge on any atom is 0.191 e. The van der Waals surface area contributed by atoms with E-state index >= 15 is 0 Å². The van der Waals surface area contributed by atoms with E-state index in [1.54, 1.807) is 0 Å². The summed E-state index contributed by atoms with van der Waals surface area (Å²) < 4.78 is 0. The Morgan fingerprint density at radius 3 is 1.94 bits per heavy atom. The predicted octanol–water partition coefficient (Wildman–Crippen LogP) is 3.67. The first-order valence-corrected chi connectivity index (χ1v) is 6.65. The largest absolute Gasteiger partial charge is 0.198 e. The second-order valence-electron chi connectivity index (χ2n) is 5.76. The maximum atomic E-state index is 8.89. The van der Waals surface area contributed by atoms with E-state index in [1.165, 1.54) is 38.5 Å². The van der Waals surface area contributed by atoms with Gasteiger partial charge in [0.15, 0.2) is 5.66 Å². The molecule has 0 bridgehead atoms. The Hall–Kier alpha value is -0.910. The van der Waals surface area contributed by atoms with E-state index in [9.17, 15) is 0 Å². The molecule has 1 heterocycles. The fourth-order valence-corrected chi connectivity index (χ4v) is 3.56. The zero-order valence-electron chi connectivity index (χ0n) is 9.73. The average Bonchev–Trinajstić information content (AvgIpc) is 3.10. The first kappa shape index (κ1) is 10.3. The van der Waals surface area contributed by atoms with Crippen LogP contribution in [0.1, 0.15) is 51.4 Å². The molecule has 3 heteroatoms. The van der Waals surface area contributed by atoms with Gasteiger partial charge in [0.2, 0.25) is 0 Å². The smallest absolute Gasteiger partial charge is 0.191 e. The van der Waals surface area contributed by atoms with Crippen LogP contribution in [0, 0.1) is 29.1 Å². The van der Waals surface area contributed by atoms with E-state index < -0.39 is 0 Å². The molecule has 0 aromatic rings. The van der Waals surface area contributed by atoms with Gasteiger partial charge in [0.05, 0.1) is 6.07 Å². The minimum atomic E-state index is 0.0976. The van der Waals surface area contributed by atoms with Crippen LogP contribution < -0.4 is 0 Å². The summed E-state index contributed by atoms with van der Waals surface area (Å²) in [5.74, 6) is 2.14. The highest BCUT2D eigenvalue weighted by Crippen LogP contribution is 2.48. The molecule has 0 radical (unpaired) electrons. The Bertz CT molecular complexity index is 318. The van der Waals surface area contributed by atoms with Gasteiger partial charge in [0, 0.05) is 5.92 Å². The molecule has 2 aliphatic carbocycles. The van der Waals surface area contributed by atoms with E-state index in [1.807, 2.05) is 0 Å². The first-order valence-electron chi connectivity index (χ1n) is 6.65. The van der Waals surface area contributed by atoms with Gasteiger partial charge < -0.3 is 0 Å². The van der Waals surface area contributed by atoms with E-state index in [-0.39, 0.29) is 5.66 Å². The molecule has 0 N–H and O–H groups in total. The molecular formula is C13H19N3. The van der Waals surface area contributed by atoms with Gasteiger partial charge in [-0.15, -0.1) is 0 Å². The lowest BCUT2D eigenvalue weighted by Crippen LogP contribution is -2.28. The van der Waals surface area contributed by atoms with Crippen LogP contribution >= 0.6 is 0 Å². The number of nitriles is 1. The minimum absolute atomic E-state index is 0.0976. The third kappa shape index (κ3) is 1.86. The lowest BCUT2D eigenvalue weighted by Gasteiger charge is -2.35. The SMILES string of the molecule is N#CC1CCC(C2CCC3(CC2)N=N3)CC1. The van der Waals surface area contributed by atoms with Crippen LogP contribution in [0.2, 0.25) is 0 Å². The molecule has 0 aromatic heterocycles. The van der Waals surface area contributed by atoms with Crippen LogP contribution in [0.3, 0.4) is 0 Å². The summed E-state index contributed by atoms with van der Waals surface area (Å²) in [6, 6.07) is 2.42. The second-order valence-corrected chi connectivity index (χ2v) is 5.76. The number of rotatable bonds is 1. The van der Waals surface area contributed by atoms with Gasteiger partial charge in [-0.3, -0.25) is 0 Å². The Labute approximate surface area is 96.9 Å². The molecule has 3 rings (SSSR count). The normalized spacial score (nSPS) is 37.2. The predicted molar refractivity (Wildman–Crippen MR) is 60.6 cm³/mol. The quantitative estimate of drug-likeness (QED) is 0.661. The molecule has 3 aliphatic rings. The average molecular weight is 217 g/mol. The molecule has 1 spiro atoms. The highest BCUT2D eigenvalue weighted by molar-refractivity contribution is 4.98. The Morgan fingerprint density at radius 2 is 1.44 bits per heavy atom. The van der Waals surface area contributed by atoms with Crippen molar-refractivity contribution >= 4 is 0 Å². The fourth-order valence-electron chi connectivity index (χ4n) is 3.56. The summed E-state index contributed by atoms with van der Waals surface area (Å²) in [5, 5.41) is 17.3. The zero-order chi connectivity index (χ0) is 11.0. The highest BCUT2D eigenvalue weighted by atomic mass is 15.4.